The van der Waals surface area contributed by atoms with Crippen molar-refractivity contribution in [3.63, 3.8) is 0 Å². The predicted molar refractivity (Wildman–Crippen MR) is 91.6 cm³/mol. The molecule has 0 fully saturated rings. The van der Waals surface area contributed by atoms with Crippen LogP contribution in [-0.2, 0) is 0 Å². The van der Waals surface area contributed by atoms with E-state index in [2.05, 4.69) is 20.0 Å². The van der Waals surface area contributed by atoms with Crippen LogP contribution >= 0.6 is 23.8 Å². The lowest BCUT2D eigenvalue weighted by molar-refractivity contribution is 1.32. The van der Waals surface area contributed by atoms with Crippen LogP contribution in [0, 0.1) is 0 Å². The Kier molecular flexibility index (Phi) is 4.18. The maximum Gasteiger partial charge on any atom is 0.241 e. The minimum atomic E-state index is 0.471. The Morgan fingerprint density at radius 2 is 1.57 bits per heavy atom. The number of nitrogens with one attached hydrogen (secondary N) is 2. The molecule has 0 bridgehead atoms. The van der Waals surface area contributed by atoms with E-state index < -0.39 is 0 Å². The number of benzene rings is 2. The van der Waals surface area contributed by atoms with Gasteiger partial charge in [0.2, 0.25) is 5.95 Å². The fraction of sp³-hybridized carbons (Fsp3) is 0. The largest absolute Gasteiger partial charge is 0.332 e. The molecular formula is C15H12N4S2. The first-order chi connectivity index (χ1) is 10.3. The van der Waals surface area contributed by atoms with Gasteiger partial charge in [0.1, 0.15) is 5.01 Å². The lowest BCUT2D eigenvalue weighted by Crippen LogP contribution is -2.19. The van der Waals surface area contributed by atoms with Crippen LogP contribution in [0.2, 0.25) is 0 Å². The number of nitrogens with zero attached hydrogens (tertiary/aromatic N) is 2. The molecule has 0 aliphatic rings. The first-order valence-electron chi connectivity index (χ1n) is 6.33. The molecule has 3 rings (SSSR count). The molecule has 6 heteroatoms. The second-order valence-electron chi connectivity index (χ2n) is 4.23. The zero-order chi connectivity index (χ0) is 14.5. The van der Waals surface area contributed by atoms with Gasteiger partial charge in [-0.1, -0.05) is 48.5 Å². The second kappa shape index (κ2) is 6.43. The third kappa shape index (κ3) is 3.62. The summed E-state index contributed by atoms with van der Waals surface area (Å²) in [5.41, 5.74) is 1.97. The van der Waals surface area contributed by atoms with Crippen LogP contribution in [0.3, 0.4) is 0 Å². The SMILES string of the molecule is S=C(Nc1ccccc1)Nc1nsc(-c2ccccc2)n1. The van der Waals surface area contributed by atoms with Crippen LogP contribution < -0.4 is 10.6 Å². The highest BCUT2D eigenvalue weighted by molar-refractivity contribution is 7.80. The average molecular weight is 312 g/mol. The van der Waals surface area contributed by atoms with E-state index in [1.54, 1.807) is 0 Å². The van der Waals surface area contributed by atoms with Crippen LogP contribution in [0.5, 0.6) is 0 Å². The molecule has 104 valence electrons. The fourth-order valence-corrected chi connectivity index (χ4v) is 2.59. The van der Waals surface area contributed by atoms with Crippen molar-refractivity contribution < 1.29 is 0 Å². The fourth-order valence-electron chi connectivity index (χ4n) is 1.76. The molecule has 1 aromatic heterocycles. The Labute approximate surface area is 132 Å². The van der Waals surface area contributed by atoms with E-state index in [-0.39, 0.29) is 0 Å². The van der Waals surface area contributed by atoms with E-state index in [9.17, 15) is 0 Å². The van der Waals surface area contributed by atoms with Crippen molar-refractivity contribution in [1.29, 1.82) is 0 Å². The summed E-state index contributed by atoms with van der Waals surface area (Å²) in [6.45, 7) is 0. The number of rotatable bonds is 3. The minimum absolute atomic E-state index is 0.471. The molecule has 0 aliphatic carbocycles. The minimum Gasteiger partial charge on any atom is -0.332 e. The number of aromatic nitrogens is 2. The molecular weight excluding hydrogens is 300 g/mol. The van der Waals surface area contributed by atoms with Crippen molar-refractivity contribution in [1.82, 2.24) is 9.36 Å². The van der Waals surface area contributed by atoms with Gasteiger partial charge in [-0.2, -0.15) is 9.36 Å². The van der Waals surface area contributed by atoms with E-state index in [4.69, 9.17) is 12.2 Å². The Hall–Kier alpha value is -2.31. The highest BCUT2D eigenvalue weighted by atomic mass is 32.1. The van der Waals surface area contributed by atoms with Gasteiger partial charge in [-0.3, -0.25) is 0 Å². The maximum absolute atomic E-state index is 5.25. The molecule has 0 amide bonds. The van der Waals surface area contributed by atoms with Gasteiger partial charge in [0, 0.05) is 11.3 Å². The molecule has 1 heterocycles. The van der Waals surface area contributed by atoms with Crippen molar-refractivity contribution in [2.45, 2.75) is 0 Å². The molecule has 21 heavy (non-hydrogen) atoms. The molecule has 0 saturated carbocycles. The van der Waals surface area contributed by atoms with Crippen LogP contribution in [0.15, 0.2) is 60.7 Å². The third-order valence-corrected chi connectivity index (χ3v) is 3.67. The Balaban J connectivity index is 1.66. The molecule has 0 unspecified atom stereocenters. The van der Waals surface area contributed by atoms with Crippen LogP contribution in [0.25, 0.3) is 10.6 Å². The molecule has 0 spiro atoms. The summed E-state index contributed by atoms with van der Waals surface area (Å²) in [5, 5.41) is 7.41. The molecule has 3 aromatic rings. The Morgan fingerprint density at radius 3 is 2.29 bits per heavy atom. The molecule has 0 saturated heterocycles. The van der Waals surface area contributed by atoms with Gasteiger partial charge in [0.15, 0.2) is 5.11 Å². The number of anilines is 2. The summed E-state index contributed by atoms with van der Waals surface area (Å²) >= 11 is 6.59. The van der Waals surface area contributed by atoms with Gasteiger partial charge in [0.05, 0.1) is 0 Å². The average Bonchev–Trinajstić information content (AvgIpc) is 2.97. The summed E-state index contributed by atoms with van der Waals surface area (Å²) in [7, 11) is 0. The van der Waals surface area contributed by atoms with Gasteiger partial charge in [-0.15, -0.1) is 0 Å². The van der Waals surface area contributed by atoms with Gasteiger partial charge in [0.25, 0.3) is 0 Å². The first kappa shape index (κ1) is 13.7. The highest BCUT2D eigenvalue weighted by Crippen LogP contribution is 2.22. The van der Waals surface area contributed by atoms with Gasteiger partial charge >= 0.3 is 0 Å². The van der Waals surface area contributed by atoms with Crippen LogP contribution in [-0.4, -0.2) is 14.5 Å². The number of hydrogen-bond donors (Lipinski definition) is 2. The van der Waals surface area contributed by atoms with Crippen molar-refractivity contribution >= 4 is 40.5 Å². The number of para-hydroxylation sites is 1. The molecule has 0 aliphatic heterocycles. The normalized spacial score (nSPS) is 10.1. The van der Waals surface area contributed by atoms with Crippen molar-refractivity contribution in [3.8, 4) is 10.6 Å². The molecule has 0 radical (unpaired) electrons. The predicted octanol–water partition coefficient (Wildman–Crippen LogP) is 4.01. The summed E-state index contributed by atoms with van der Waals surface area (Å²) in [6, 6.07) is 19.7. The van der Waals surface area contributed by atoms with Gasteiger partial charge in [-0.25, -0.2) is 0 Å². The van der Waals surface area contributed by atoms with E-state index in [0.717, 1.165) is 16.3 Å². The number of hydrogen-bond acceptors (Lipinski definition) is 4. The molecule has 2 aromatic carbocycles. The summed E-state index contributed by atoms with van der Waals surface area (Å²) < 4.78 is 4.27. The first-order valence-corrected chi connectivity index (χ1v) is 7.51. The topological polar surface area (TPSA) is 49.8 Å². The summed E-state index contributed by atoms with van der Waals surface area (Å²) in [6.07, 6.45) is 0. The van der Waals surface area contributed by atoms with E-state index in [0.29, 0.717) is 11.1 Å². The van der Waals surface area contributed by atoms with E-state index in [1.165, 1.54) is 11.5 Å². The van der Waals surface area contributed by atoms with Crippen molar-refractivity contribution in [2.24, 2.45) is 0 Å². The lowest BCUT2D eigenvalue weighted by Gasteiger charge is -2.07. The smallest absolute Gasteiger partial charge is 0.241 e. The summed E-state index contributed by atoms with van der Waals surface area (Å²) in [5.74, 6) is 0.507. The second-order valence-corrected chi connectivity index (χ2v) is 5.39. The Bertz CT molecular complexity index is 726. The lowest BCUT2D eigenvalue weighted by atomic mass is 10.2. The Morgan fingerprint density at radius 1 is 0.905 bits per heavy atom. The zero-order valence-electron chi connectivity index (χ0n) is 11.0. The maximum atomic E-state index is 5.25. The third-order valence-electron chi connectivity index (χ3n) is 2.70. The highest BCUT2D eigenvalue weighted by Gasteiger charge is 2.07. The van der Waals surface area contributed by atoms with Crippen LogP contribution in [0.4, 0.5) is 11.6 Å². The van der Waals surface area contributed by atoms with Gasteiger partial charge in [-0.05, 0) is 35.9 Å². The number of thiocarbonyl (C=S) groups is 1. The van der Waals surface area contributed by atoms with E-state index >= 15 is 0 Å². The van der Waals surface area contributed by atoms with Crippen molar-refractivity contribution in [3.05, 3.63) is 60.7 Å². The standard InChI is InChI=1S/C15H12N4S2/c20-15(16-12-9-5-2-6-10-12)18-14-17-13(21-19-14)11-7-3-1-4-8-11/h1-10H,(H2,16,18,19,20). The van der Waals surface area contributed by atoms with Crippen molar-refractivity contribution in [2.75, 3.05) is 10.6 Å². The zero-order valence-corrected chi connectivity index (χ0v) is 12.6. The monoisotopic (exact) mass is 312 g/mol. The van der Waals surface area contributed by atoms with Gasteiger partial charge < -0.3 is 10.6 Å². The summed E-state index contributed by atoms with van der Waals surface area (Å²) in [4.78, 5) is 4.43. The van der Waals surface area contributed by atoms with Crippen LogP contribution in [0.1, 0.15) is 0 Å². The molecule has 0 atom stereocenters. The molecule has 2 N–H and O–H groups in total. The molecule has 4 nitrogen and oxygen atoms in total. The van der Waals surface area contributed by atoms with E-state index in [1.807, 2.05) is 60.7 Å². The quantitative estimate of drug-likeness (QED) is 0.716.